The molecule has 0 saturated carbocycles. The van der Waals surface area contributed by atoms with Crippen molar-refractivity contribution in [2.45, 2.75) is 6.42 Å². The standard InChI is InChI=1S/C21H18N6O/c1-27-9-7-14-10-15(11-16(12-22)19(14)27)18-6-8-24-21(26-18)25-17-4-2-13(3-5-17)20(23)28/h2-6,8,10-11H,7,9H2,1H3,(H2,23,28)(H,24,25,26). The molecule has 0 saturated heterocycles. The van der Waals surface area contributed by atoms with Gasteiger partial charge in [-0.05, 0) is 54.4 Å². The summed E-state index contributed by atoms with van der Waals surface area (Å²) in [5, 5.41) is 12.7. The highest BCUT2D eigenvalue weighted by Crippen LogP contribution is 2.34. The Kier molecular flexibility index (Phi) is 4.38. The molecule has 2 heterocycles. The molecule has 1 aliphatic heterocycles. The Morgan fingerprint density at radius 2 is 2.04 bits per heavy atom. The zero-order valence-corrected chi connectivity index (χ0v) is 15.3. The summed E-state index contributed by atoms with van der Waals surface area (Å²) in [7, 11) is 2.00. The largest absolute Gasteiger partial charge is 0.373 e. The van der Waals surface area contributed by atoms with Crippen LogP contribution in [-0.2, 0) is 6.42 Å². The monoisotopic (exact) mass is 370 g/mol. The van der Waals surface area contributed by atoms with Crippen molar-refractivity contribution in [3.63, 3.8) is 0 Å². The second kappa shape index (κ2) is 7.00. The molecule has 28 heavy (non-hydrogen) atoms. The van der Waals surface area contributed by atoms with Crippen molar-refractivity contribution in [3.05, 3.63) is 65.4 Å². The van der Waals surface area contributed by atoms with Gasteiger partial charge in [-0.15, -0.1) is 0 Å². The van der Waals surface area contributed by atoms with E-state index in [1.807, 2.05) is 19.2 Å². The highest BCUT2D eigenvalue weighted by Gasteiger charge is 2.21. The van der Waals surface area contributed by atoms with E-state index in [4.69, 9.17) is 5.73 Å². The van der Waals surface area contributed by atoms with Crippen LogP contribution < -0.4 is 16.0 Å². The highest BCUT2D eigenvalue weighted by atomic mass is 16.1. The van der Waals surface area contributed by atoms with Crippen molar-refractivity contribution in [1.29, 1.82) is 5.26 Å². The van der Waals surface area contributed by atoms with Gasteiger partial charge in [-0.25, -0.2) is 9.97 Å². The fraction of sp³-hybridized carbons (Fsp3) is 0.143. The first kappa shape index (κ1) is 17.5. The summed E-state index contributed by atoms with van der Waals surface area (Å²) in [4.78, 5) is 22.1. The number of primary amides is 1. The molecule has 0 spiro atoms. The van der Waals surface area contributed by atoms with Crippen LogP contribution in [0.3, 0.4) is 0 Å². The van der Waals surface area contributed by atoms with Crippen LogP contribution in [0.5, 0.6) is 0 Å². The molecule has 1 amide bonds. The number of hydrogen-bond donors (Lipinski definition) is 2. The number of likely N-dealkylation sites (N-methyl/N-ethyl adjacent to an activating group) is 1. The summed E-state index contributed by atoms with van der Waals surface area (Å²) >= 11 is 0. The number of nitrogens with one attached hydrogen (secondary N) is 1. The molecule has 0 radical (unpaired) electrons. The third-order valence-corrected chi connectivity index (χ3v) is 4.78. The van der Waals surface area contributed by atoms with Crippen LogP contribution in [0.2, 0.25) is 0 Å². The lowest BCUT2D eigenvalue weighted by Gasteiger charge is -2.14. The molecule has 0 fully saturated rings. The van der Waals surface area contributed by atoms with Crippen LogP contribution in [0.25, 0.3) is 11.3 Å². The minimum Gasteiger partial charge on any atom is -0.373 e. The predicted molar refractivity (Wildman–Crippen MR) is 107 cm³/mol. The quantitative estimate of drug-likeness (QED) is 0.731. The number of fused-ring (bicyclic) bond motifs is 1. The molecule has 1 aliphatic rings. The van der Waals surface area contributed by atoms with Crippen LogP contribution >= 0.6 is 0 Å². The van der Waals surface area contributed by atoms with Crippen molar-refractivity contribution >= 4 is 23.2 Å². The van der Waals surface area contributed by atoms with Crippen molar-refractivity contribution < 1.29 is 4.79 Å². The highest BCUT2D eigenvalue weighted by molar-refractivity contribution is 5.93. The predicted octanol–water partition coefficient (Wildman–Crippen LogP) is 2.85. The summed E-state index contributed by atoms with van der Waals surface area (Å²) in [5.41, 5.74) is 10.9. The van der Waals surface area contributed by atoms with Gasteiger partial charge >= 0.3 is 0 Å². The lowest BCUT2D eigenvalue weighted by Crippen LogP contribution is -2.13. The number of hydrogen-bond acceptors (Lipinski definition) is 6. The molecule has 4 rings (SSSR count). The number of rotatable bonds is 4. The van der Waals surface area contributed by atoms with E-state index in [1.165, 1.54) is 0 Å². The van der Waals surface area contributed by atoms with Crippen molar-refractivity contribution in [3.8, 4) is 17.3 Å². The maximum Gasteiger partial charge on any atom is 0.248 e. The molecule has 7 nitrogen and oxygen atoms in total. The van der Waals surface area contributed by atoms with Gasteiger partial charge in [-0.1, -0.05) is 0 Å². The molecule has 7 heteroatoms. The SMILES string of the molecule is CN1CCc2cc(-c3ccnc(Nc4ccc(C(N)=O)cc4)n3)cc(C#N)c21. The number of anilines is 3. The minimum atomic E-state index is -0.472. The Bertz CT molecular complexity index is 1100. The van der Waals surface area contributed by atoms with Gasteiger partial charge in [0.05, 0.1) is 16.9 Å². The number of carbonyl (C=O) groups is 1. The van der Waals surface area contributed by atoms with E-state index in [2.05, 4.69) is 32.3 Å². The fourth-order valence-electron chi connectivity index (χ4n) is 3.40. The molecular formula is C21H18N6O. The van der Waals surface area contributed by atoms with Gasteiger partial charge < -0.3 is 16.0 Å². The van der Waals surface area contributed by atoms with Gasteiger partial charge in [-0.2, -0.15) is 5.26 Å². The molecule has 3 aromatic rings. The zero-order valence-electron chi connectivity index (χ0n) is 15.3. The number of aromatic nitrogens is 2. The Morgan fingerprint density at radius 3 is 2.75 bits per heavy atom. The normalized spacial score (nSPS) is 12.4. The van der Waals surface area contributed by atoms with Crippen LogP contribution in [0.1, 0.15) is 21.5 Å². The van der Waals surface area contributed by atoms with Crippen LogP contribution in [0.15, 0.2) is 48.7 Å². The minimum absolute atomic E-state index is 0.431. The molecule has 3 N–H and O–H groups in total. The molecule has 0 aliphatic carbocycles. The first-order chi connectivity index (χ1) is 13.5. The van der Waals surface area contributed by atoms with Gasteiger partial charge in [0, 0.05) is 36.6 Å². The first-order valence-electron chi connectivity index (χ1n) is 8.83. The Morgan fingerprint density at radius 1 is 1.25 bits per heavy atom. The molecular weight excluding hydrogens is 352 g/mol. The second-order valence-electron chi connectivity index (χ2n) is 6.65. The van der Waals surface area contributed by atoms with Crippen molar-refractivity contribution in [2.24, 2.45) is 5.73 Å². The number of nitrogens with zero attached hydrogens (tertiary/aromatic N) is 4. The van der Waals surface area contributed by atoms with Crippen molar-refractivity contribution in [1.82, 2.24) is 9.97 Å². The summed E-state index contributed by atoms with van der Waals surface area (Å²) in [6.45, 7) is 0.908. The number of nitriles is 1. The Hall–Kier alpha value is -3.92. The molecule has 0 unspecified atom stereocenters. The van der Waals surface area contributed by atoms with E-state index in [0.717, 1.165) is 41.2 Å². The zero-order chi connectivity index (χ0) is 19.7. The third kappa shape index (κ3) is 3.23. The summed E-state index contributed by atoms with van der Waals surface area (Å²) in [6, 6.07) is 14.9. The fourth-order valence-corrected chi connectivity index (χ4v) is 3.40. The smallest absolute Gasteiger partial charge is 0.248 e. The Labute approximate surface area is 162 Å². The van der Waals surface area contributed by atoms with Crippen LogP contribution in [-0.4, -0.2) is 29.5 Å². The van der Waals surface area contributed by atoms with E-state index in [1.54, 1.807) is 30.5 Å². The van der Waals surface area contributed by atoms with Crippen molar-refractivity contribution in [2.75, 3.05) is 23.8 Å². The number of benzene rings is 2. The Balaban J connectivity index is 1.64. The van der Waals surface area contributed by atoms with Crippen LogP contribution in [0.4, 0.5) is 17.3 Å². The first-order valence-corrected chi connectivity index (χ1v) is 8.83. The van der Waals surface area contributed by atoms with Gasteiger partial charge in [-0.3, -0.25) is 4.79 Å². The topological polar surface area (TPSA) is 108 Å². The average Bonchev–Trinajstić information content (AvgIpc) is 3.09. The molecule has 2 aromatic carbocycles. The van der Waals surface area contributed by atoms with Gasteiger partial charge in [0.15, 0.2) is 0 Å². The average molecular weight is 370 g/mol. The van der Waals surface area contributed by atoms with Gasteiger partial charge in [0.1, 0.15) is 6.07 Å². The van der Waals surface area contributed by atoms with E-state index in [9.17, 15) is 10.1 Å². The summed E-state index contributed by atoms with van der Waals surface area (Å²) in [5.74, 6) is -0.0409. The lowest BCUT2D eigenvalue weighted by molar-refractivity contribution is 0.100. The lowest BCUT2D eigenvalue weighted by atomic mass is 10.0. The summed E-state index contributed by atoms with van der Waals surface area (Å²) < 4.78 is 0. The van der Waals surface area contributed by atoms with E-state index >= 15 is 0 Å². The summed E-state index contributed by atoms with van der Waals surface area (Å²) in [6.07, 6.45) is 2.59. The number of nitrogens with two attached hydrogens (primary N) is 1. The second-order valence-corrected chi connectivity index (χ2v) is 6.65. The van der Waals surface area contributed by atoms with E-state index in [-0.39, 0.29) is 0 Å². The molecule has 1 aromatic heterocycles. The molecule has 0 atom stereocenters. The molecule has 138 valence electrons. The van der Waals surface area contributed by atoms with Gasteiger partial charge in [0.25, 0.3) is 0 Å². The number of carbonyl (C=O) groups excluding carboxylic acids is 1. The van der Waals surface area contributed by atoms with E-state index in [0.29, 0.717) is 17.1 Å². The molecule has 0 bridgehead atoms. The van der Waals surface area contributed by atoms with Gasteiger partial charge in [0.2, 0.25) is 11.9 Å². The maximum absolute atomic E-state index is 11.2. The number of amides is 1. The third-order valence-electron chi connectivity index (χ3n) is 4.78. The van der Waals surface area contributed by atoms with E-state index < -0.39 is 5.91 Å². The van der Waals surface area contributed by atoms with Crippen LogP contribution in [0, 0.1) is 11.3 Å². The maximum atomic E-state index is 11.2.